The second kappa shape index (κ2) is 3.34. The summed E-state index contributed by atoms with van der Waals surface area (Å²) in [5.74, 6) is 0.757. The maximum absolute atomic E-state index is 9.77. The number of ether oxygens (including phenoxy) is 1. The predicted octanol–water partition coefficient (Wildman–Crippen LogP) is 1.63. The van der Waals surface area contributed by atoms with Crippen molar-refractivity contribution in [2.75, 3.05) is 7.11 Å². The van der Waals surface area contributed by atoms with Gasteiger partial charge >= 0.3 is 0 Å². The maximum Gasteiger partial charge on any atom is 0.125 e. The molecule has 0 bridgehead atoms. The van der Waals surface area contributed by atoms with Crippen LogP contribution in [0.1, 0.15) is 25.1 Å². The van der Waals surface area contributed by atoms with Crippen molar-refractivity contribution >= 4 is 0 Å². The summed E-state index contributed by atoms with van der Waals surface area (Å²) in [6.07, 6.45) is 1.64. The molecule has 1 rings (SSSR count). The van der Waals surface area contributed by atoms with Gasteiger partial charge in [0, 0.05) is 11.8 Å². The van der Waals surface area contributed by atoms with Gasteiger partial charge in [0.1, 0.15) is 11.4 Å². The van der Waals surface area contributed by atoms with E-state index in [1.54, 1.807) is 33.2 Å². The molecule has 3 heteroatoms. The SMILES string of the molecule is COc1ccnc(C(C)(C)O)c1C. The summed E-state index contributed by atoms with van der Waals surface area (Å²) in [6.45, 7) is 5.31. The Morgan fingerprint density at radius 3 is 2.54 bits per heavy atom. The topological polar surface area (TPSA) is 42.4 Å². The van der Waals surface area contributed by atoms with E-state index in [1.165, 1.54) is 0 Å². The zero-order valence-corrected chi connectivity index (χ0v) is 8.46. The van der Waals surface area contributed by atoms with Gasteiger partial charge < -0.3 is 9.84 Å². The van der Waals surface area contributed by atoms with Gasteiger partial charge in [0.15, 0.2) is 0 Å². The molecule has 3 nitrogen and oxygen atoms in total. The van der Waals surface area contributed by atoms with Crippen LogP contribution in [-0.2, 0) is 5.60 Å². The predicted molar refractivity (Wildman–Crippen MR) is 50.8 cm³/mol. The molecular weight excluding hydrogens is 166 g/mol. The van der Waals surface area contributed by atoms with E-state index in [-0.39, 0.29) is 0 Å². The monoisotopic (exact) mass is 181 g/mol. The lowest BCUT2D eigenvalue weighted by atomic mass is 10.00. The molecule has 0 saturated carbocycles. The van der Waals surface area contributed by atoms with Crippen LogP contribution in [0, 0.1) is 6.92 Å². The first-order valence-corrected chi connectivity index (χ1v) is 4.19. The largest absolute Gasteiger partial charge is 0.496 e. The molecule has 0 atom stereocenters. The van der Waals surface area contributed by atoms with Crippen LogP contribution >= 0.6 is 0 Å². The van der Waals surface area contributed by atoms with Crippen molar-refractivity contribution in [3.8, 4) is 5.75 Å². The fraction of sp³-hybridized carbons (Fsp3) is 0.500. The Balaban J connectivity index is 3.24. The van der Waals surface area contributed by atoms with E-state index in [1.807, 2.05) is 6.92 Å². The number of rotatable bonds is 2. The Morgan fingerprint density at radius 1 is 1.46 bits per heavy atom. The number of aromatic nitrogens is 1. The van der Waals surface area contributed by atoms with Crippen LogP contribution in [0.4, 0.5) is 0 Å². The van der Waals surface area contributed by atoms with Gasteiger partial charge in [0.05, 0.1) is 12.8 Å². The van der Waals surface area contributed by atoms with Crippen molar-refractivity contribution in [2.45, 2.75) is 26.4 Å². The molecule has 13 heavy (non-hydrogen) atoms. The minimum Gasteiger partial charge on any atom is -0.496 e. The molecule has 1 heterocycles. The van der Waals surface area contributed by atoms with Crippen molar-refractivity contribution in [3.63, 3.8) is 0 Å². The summed E-state index contributed by atoms with van der Waals surface area (Å²) in [5, 5.41) is 9.77. The van der Waals surface area contributed by atoms with E-state index in [4.69, 9.17) is 4.74 Å². The second-order valence-corrected chi connectivity index (χ2v) is 3.55. The quantitative estimate of drug-likeness (QED) is 0.754. The van der Waals surface area contributed by atoms with E-state index < -0.39 is 5.60 Å². The van der Waals surface area contributed by atoms with Gasteiger partial charge in [-0.25, -0.2) is 0 Å². The normalized spacial score (nSPS) is 11.5. The minimum absolute atomic E-state index is 0.659. The number of nitrogens with zero attached hydrogens (tertiary/aromatic N) is 1. The summed E-state index contributed by atoms with van der Waals surface area (Å²) in [6, 6.07) is 1.78. The molecule has 0 aliphatic rings. The second-order valence-electron chi connectivity index (χ2n) is 3.55. The Labute approximate surface area is 78.4 Å². The van der Waals surface area contributed by atoms with Crippen LogP contribution in [0.2, 0.25) is 0 Å². The van der Waals surface area contributed by atoms with Crippen molar-refractivity contribution < 1.29 is 9.84 Å². The first kappa shape index (κ1) is 9.99. The lowest BCUT2D eigenvalue weighted by molar-refractivity contribution is 0.0727. The van der Waals surface area contributed by atoms with E-state index in [2.05, 4.69) is 4.98 Å². The molecule has 0 aliphatic carbocycles. The smallest absolute Gasteiger partial charge is 0.125 e. The highest BCUT2D eigenvalue weighted by Gasteiger charge is 2.21. The van der Waals surface area contributed by atoms with Crippen LogP contribution in [0.5, 0.6) is 5.75 Å². The van der Waals surface area contributed by atoms with Crippen LogP contribution in [0.3, 0.4) is 0 Å². The Hall–Kier alpha value is -1.09. The van der Waals surface area contributed by atoms with Crippen molar-refractivity contribution in [1.82, 2.24) is 4.98 Å². The Morgan fingerprint density at radius 2 is 2.08 bits per heavy atom. The van der Waals surface area contributed by atoms with Crippen LogP contribution in [0.25, 0.3) is 0 Å². The number of hydrogen-bond acceptors (Lipinski definition) is 3. The zero-order valence-electron chi connectivity index (χ0n) is 8.46. The van der Waals surface area contributed by atoms with Crippen molar-refractivity contribution in [3.05, 3.63) is 23.5 Å². The van der Waals surface area contributed by atoms with Gasteiger partial charge in [-0.15, -0.1) is 0 Å². The number of pyridine rings is 1. The molecule has 0 amide bonds. The van der Waals surface area contributed by atoms with Gasteiger partial charge in [-0.2, -0.15) is 0 Å². The van der Waals surface area contributed by atoms with Crippen molar-refractivity contribution in [2.24, 2.45) is 0 Å². The average Bonchev–Trinajstić information content (AvgIpc) is 2.02. The standard InChI is InChI=1S/C10H15NO2/c1-7-8(13-4)5-6-11-9(7)10(2,3)12/h5-6,12H,1-4H3. The molecule has 0 aromatic carbocycles. The van der Waals surface area contributed by atoms with Gasteiger partial charge in [0.25, 0.3) is 0 Å². The summed E-state index contributed by atoms with van der Waals surface area (Å²) < 4.78 is 5.13. The highest BCUT2D eigenvalue weighted by molar-refractivity contribution is 5.36. The third-order valence-electron chi connectivity index (χ3n) is 1.95. The first-order valence-electron chi connectivity index (χ1n) is 4.19. The fourth-order valence-electron chi connectivity index (χ4n) is 1.36. The molecule has 0 radical (unpaired) electrons. The molecule has 1 N–H and O–H groups in total. The molecular formula is C10H15NO2. The van der Waals surface area contributed by atoms with Crippen LogP contribution in [-0.4, -0.2) is 17.2 Å². The molecule has 72 valence electrons. The van der Waals surface area contributed by atoms with Crippen LogP contribution < -0.4 is 4.74 Å². The van der Waals surface area contributed by atoms with Gasteiger partial charge in [-0.3, -0.25) is 4.98 Å². The lowest BCUT2D eigenvalue weighted by Crippen LogP contribution is -2.19. The first-order chi connectivity index (χ1) is 5.96. The van der Waals surface area contributed by atoms with Crippen LogP contribution in [0.15, 0.2) is 12.3 Å². The summed E-state index contributed by atoms with van der Waals surface area (Å²) in [4.78, 5) is 4.13. The third-order valence-corrected chi connectivity index (χ3v) is 1.95. The highest BCUT2D eigenvalue weighted by atomic mass is 16.5. The zero-order chi connectivity index (χ0) is 10.1. The van der Waals surface area contributed by atoms with E-state index in [9.17, 15) is 5.11 Å². The molecule has 1 aromatic rings. The highest BCUT2D eigenvalue weighted by Crippen LogP contribution is 2.26. The molecule has 0 spiro atoms. The maximum atomic E-state index is 9.77. The summed E-state index contributed by atoms with van der Waals surface area (Å²) >= 11 is 0. The van der Waals surface area contributed by atoms with Crippen molar-refractivity contribution in [1.29, 1.82) is 0 Å². The molecule has 0 fully saturated rings. The third kappa shape index (κ3) is 1.98. The fourth-order valence-corrected chi connectivity index (χ4v) is 1.36. The number of methoxy groups -OCH3 is 1. The van der Waals surface area contributed by atoms with E-state index in [0.29, 0.717) is 5.69 Å². The molecule has 0 aliphatic heterocycles. The van der Waals surface area contributed by atoms with Gasteiger partial charge in [-0.1, -0.05) is 0 Å². The molecule has 1 aromatic heterocycles. The summed E-state index contributed by atoms with van der Waals surface area (Å²) in [7, 11) is 1.61. The van der Waals surface area contributed by atoms with Gasteiger partial charge in [-0.05, 0) is 26.8 Å². The Kier molecular flexibility index (Phi) is 2.57. The minimum atomic E-state index is -0.918. The average molecular weight is 181 g/mol. The lowest BCUT2D eigenvalue weighted by Gasteiger charge is -2.19. The van der Waals surface area contributed by atoms with Gasteiger partial charge in [0.2, 0.25) is 0 Å². The number of hydrogen-bond donors (Lipinski definition) is 1. The summed E-state index contributed by atoms with van der Waals surface area (Å²) in [5.41, 5.74) is 0.628. The molecule has 0 unspecified atom stereocenters. The number of aliphatic hydroxyl groups is 1. The van der Waals surface area contributed by atoms with E-state index in [0.717, 1.165) is 11.3 Å². The molecule has 0 saturated heterocycles. The Bertz CT molecular complexity index is 302. The van der Waals surface area contributed by atoms with E-state index >= 15 is 0 Å².